The van der Waals surface area contributed by atoms with E-state index in [-0.39, 0.29) is 0 Å². The molecule has 0 atom stereocenters. The van der Waals surface area contributed by atoms with Gasteiger partial charge in [0.05, 0.1) is 39.5 Å². The van der Waals surface area contributed by atoms with Crippen LogP contribution in [0.15, 0.2) is 140 Å². The van der Waals surface area contributed by atoms with E-state index in [1.807, 2.05) is 42.5 Å². The summed E-state index contributed by atoms with van der Waals surface area (Å²) in [6, 6.07) is 47.9. The van der Waals surface area contributed by atoms with Crippen LogP contribution in [-0.4, -0.2) is 19.9 Å². The van der Waals surface area contributed by atoms with Crippen LogP contribution in [0.1, 0.15) is 22.8 Å². The minimum absolute atomic E-state index is 0.660. The van der Waals surface area contributed by atoms with Crippen LogP contribution in [-0.2, 0) is 0 Å². The summed E-state index contributed by atoms with van der Waals surface area (Å²) in [5.74, 6) is 0. The topological polar surface area (TPSA) is 83.4 Å². The molecular formula is C44H31N5. The monoisotopic (exact) mass is 629 g/mol. The zero-order chi connectivity index (χ0) is 32.7. The first-order valence-corrected chi connectivity index (χ1v) is 16.4. The molecule has 232 valence electrons. The van der Waals surface area contributed by atoms with Crippen molar-refractivity contribution in [3.8, 4) is 44.5 Å². The summed E-state index contributed by atoms with van der Waals surface area (Å²) in [5.41, 5.74) is 23.0. The fourth-order valence-electron chi connectivity index (χ4n) is 6.93. The van der Waals surface area contributed by atoms with Gasteiger partial charge >= 0.3 is 0 Å². The van der Waals surface area contributed by atoms with Crippen LogP contribution in [0.2, 0.25) is 0 Å². The number of nitrogen functional groups attached to an aromatic ring is 1. The van der Waals surface area contributed by atoms with Crippen LogP contribution in [0.4, 0.5) is 5.69 Å². The third-order valence-electron chi connectivity index (χ3n) is 9.16. The number of hydrogen-bond acceptors (Lipinski definition) is 3. The highest BCUT2D eigenvalue weighted by Crippen LogP contribution is 2.42. The smallest absolute Gasteiger partial charge is 0.0737 e. The van der Waals surface area contributed by atoms with Crippen molar-refractivity contribution in [3.05, 3.63) is 162 Å². The Labute approximate surface area is 283 Å². The molecule has 0 spiro atoms. The summed E-state index contributed by atoms with van der Waals surface area (Å²) in [7, 11) is 0. The molecule has 7 aromatic rings. The standard InChI is InChI=1S/C44H31N5/c45-43-38-27-32-21-22-33(46-32)39(28-13-5-1-6-14-28)34-23-24-35(47-34)40(29-15-7-2-8-16-29)36-25-26-37(48-36)41(30-17-9-3-10-18-30)44(49-38)42(43)31-19-11-4-12-20-31/h1-27,47,49H,45H2. The van der Waals surface area contributed by atoms with E-state index in [2.05, 4.69) is 131 Å². The largest absolute Gasteiger partial charge is 0.396 e. The molecule has 0 saturated carbocycles. The number of benzene rings is 4. The van der Waals surface area contributed by atoms with E-state index in [9.17, 15) is 0 Å². The van der Waals surface area contributed by atoms with E-state index in [1.165, 1.54) is 0 Å². The van der Waals surface area contributed by atoms with Crippen LogP contribution >= 0.6 is 0 Å². The number of nitrogens with one attached hydrogen (secondary N) is 2. The highest BCUT2D eigenvalue weighted by Gasteiger charge is 2.20. The number of fused-ring (bicyclic) bond motifs is 8. The Morgan fingerprint density at radius 3 is 1.35 bits per heavy atom. The second-order valence-corrected chi connectivity index (χ2v) is 12.2. The second-order valence-electron chi connectivity index (χ2n) is 12.2. The Morgan fingerprint density at radius 1 is 0.388 bits per heavy atom. The molecule has 5 heteroatoms. The van der Waals surface area contributed by atoms with Gasteiger partial charge in [-0.25, -0.2) is 9.97 Å². The zero-order valence-electron chi connectivity index (χ0n) is 26.6. The summed E-state index contributed by atoms with van der Waals surface area (Å²) in [6.45, 7) is 0. The first-order chi connectivity index (χ1) is 24.2. The molecule has 0 aliphatic carbocycles. The molecule has 0 radical (unpaired) electrons. The van der Waals surface area contributed by atoms with Gasteiger partial charge < -0.3 is 15.7 Å². The molecule has 5 nitrogen and oxygen atoms in total. The molecule has 0 fully saturated rings. The first-order valence-electron chi connectivity index (χ1n) is 16.4. The van der Waals surface area contributed by atoms with Crippen LogP contribution in [0.3, 0.4) is 0 Å². The van der Waals surface area contributed by atoms with Crippen molar-refractivity contribution in [1.29, 1.82) is 0 Å². The van der Waals surface area contributed by atoms with E-state index in [0.717, 1.165) is 89.4 Å². The fraction of sp³-hybridized carbons (Fsp3) is 0. The lowest BCUT2D eigenvalue weighted by molar-refractivity contribution is 1.31. The molecule has 49 heavy (non-hydrogen) atoms. The van der Waals surface area contributed by atoms with Crippen LogP contribution in [0.5, 0.6) is 0 Å². The Kier molecular flexibility index (Phi) is 6.87. The van der Waals surface area contributed by atoms with Crippen molar-refractivity contribution in [1.82, 2.24) is 19.9 Å². The van der Waals surface area contributed by atoms with Crippen molar-refractivity contribution in [3.63, 3.8) is 0 Å². The number of nitrogens with zero attached hydrogens (tertiary/aromatic N) is 2. The van der Waals surface area contributed by atoms with E-state index < -0.39 is 0 Å². The quantitative estimate of drug-likeness (QED) is 0.181. The molecule has 0 amide bonds. The predicted octanol–water partition coefficient (Wildman–Crippen LogP) is 10.9. The van der Waals surface area contributed by atoms with Gasteiger partial charge in [-0.05, 0) is 64.8 Å². The SMILES string of the molecule is Nc1c(-c2ccccc2)c2[nH]c1cc1nc(c(-c3ccccc3)c3ccc([nH]3)c(-c3ccccc3)c3nc(c2-c2ccccc2)C=C3)C=C1. The molecule has 0 unspecified atom stereocenters. The van der Waals surface area contributed by atoms with Gasteiger partial charge in [-0.3, -0.25) is 0 Å². The van der Waals surface area contributed by atoms with Crippen molar-refractivity contribution >= 4 is 52.1 Å². The van der Waals surface area contributed by atoms with Crippen LogP contribution in [0.25, 0.3) is 90.9 Å². The van der Waals surface area contributed by atoms with Crippen molar-refractivity contribution in [2.45, 2.75) is 0 Å². The molecule has 2 aliphatic heterocycles. The molecular weight excluding hydrogens is 599 g/mol. The van der Waals surface area contributed by atoms with Gasteiger partial charge in [-0.2, -0.15) is 0 Å². The maximum atomic E-state index is 7.09. The maximum absolute atomic E-state index is 7.09. The lowest BCUT2D eigenvalue weighted by Crippen LogP contribution is -1.90. The van der Waals surface area contributed by atoms with E-state index in [1.54, 1.807) is 0 Å². The van der Waals surface area contributed by atoms with Crippen molar-refractivity contribution < 1.29 is 0 Å². The molecule has 0 saturated heterocycles. The second kappa shape index (κ2) is 11.8. The first kappa shape index (κ1) is 28.5. The van der Waals surface area contributed by atoms with Gasteiger partial charge in [0.25, 0.3) is 0 Å². The van der Waals surface area contributed by atoms with Crippen LogP contribution < -0.4 is 5.73 Å². The van der Waals surface area contributed by atoms with Crippen molar-refractivity contribution in [2.75, 3.05) is 5.73 Å². The summed E-state index contributed by atoms with van der Waals surface area (Å²) in [6.07, 6.45) is 8.37. The maximum Gasteiger partial charge on any atom is 0.0737 e. The molecule has 3 aromatic heterocycles. The summed E-state index contributed by atoms with van der Waals surface area (Å²) in [4.78, 5) is 18.1. The summed E-state index contributed by atoms with van der Waals surface area (Å²) < 4.78 is 0. The number of hydrogen-bond donors (Lipinski definition) is 3. The van der Waals surface area contributed by atoms with Gasteiger partial charge in [0.2, 0.25) is 0 Å². The average Bonchev–Trinajstić information content (AvgIpc) is 3.97. The minimum atomic E-state index is 0.660. The Hall–Kier alpha value is -6.72. The van der Waals surface area contributed by atoms with E-state index >= 15 is 0 Å². The highest BCUT2D eigenvalue weighted by atomic mass is 14.8. The van der Waals surface area contributed by atoms with Gasteiger partial charge in [-0.1, -0.05) is 121 Å². The number of nitrogens with two attached hydrogens (primary N) is 1. The van der Waals surface area contributed by atoms with Crippen molar-refractivity contribution in [2.24, 2.45) is 0 Å². The highest BCUT2D eigenvalue weighted by molar-refractivity contribution is 6.07. The molecule has 9 rings (SSSR count). The lowest BCUT2D eigenvalue weighted by atomic mass is 9.98. The number of anilines is 1. The molecule has 8 bridgehead atoms. The molecule has 5 heterocycles. The normalized spacial score (nSPS) is 12.0. The number of rotatable bonds is 4. The third-order valence-corrected chi connectivity index (χ3v) is 9.16. The minimum Gasteiger partial charge on any atom is -0.396 e. The van der Waals surface area contributed by atoms with E-state index in [0.29, 0.717) is 5.69 Å². The Balaban J connectivity index is 1.50. The molecule has 4 aromatic carbocycles. The number of aromatic amines is 2. The van der Waals surface area contributed by atoms with Gasteiger partial charge in [0.15, 0.2) is 0 Å². The van der Waals surface area contributed by atoms with Gasteiger partial charge in [-0.15, -0.1) is 0 Å². The fourth-order valence-corrected chi connectivity index (χ4v) is 6.93. The Morgan fingerprint density at radius 2 is 0.816 bits per heavy atom. The number of aromatic nitrogens is 4. The van der Waals surface area contributed by atoms with Crippen LogP contribution in [0, 0.1) is 0 Å². The lowest BCUT2D eigenvalue weighted by Gasteiger charge is -2.08. The van der Waals surface area contributed by atoms with E-state index in [4.69, 9.17) is 15.7 Å². The van der Waals surface area contributed by atoms with Gasteiger partial charge in [0.1, 0.15) is 0 Å². The number of H-pyrrole nitrogens is 2. The summed E-state index contributed by atoms with van der Waals surface area (Å²) >= 11 is 0. The average molecular weight is 630 g/mol. The predicted molar refractivity (Wildman–Crippen MR) is 205 cm³/mol. The Bertz CT molecular complexity index is 2580. The third kappa shape index (κ3) is 5.05. The summed E-state index contributed by atoms with van der Waals surface area (Å²) in [5, 5.41) is 0. The zero-order valence-corrected chi connectivity index (χ0v) is 26.6. The molecule has 4 N–H and O–H groups in total. The van der Waals surface area contributed by atoms with Gasteiger partial charge in [0, 0.05) is 33.3 Å². The molecule has 2 aliphatic rings.